The van der Waals surface area contributed by atoms with Crippen molar-refractivity contribution in [1.29, 1.82) is 0 Å². The van der Waals surface area contributed by atoms with E-state index in [4.69, 9.17) is 0 Å². The van der Waals surface area contributed by atoms with E-state index in [9.17, 15) is 18.0 Å². The number of hydrogen-bond acceptors (Lipinski definition) is 9. The van der Waals surface area contributed by atoms with Crippen LogP contribution >= 0.6 is 0 Å². The molecule has 0 unspecified atom stereocenters. The summed E-state index contributed by atoms with van der Waals surface area (Å²) in [5.74, 6) is 1.09. The zero-order valence-corrected chi connectivity index (χ0v) is 18.2. The van der Waals surface area contributed by atoms with E-state index in [-0.39, 0.29) is 42.6 Å². The Bertz CT molecular complexity index is 1220. The summed E-state index contributed by atoms with van der Waals surface area (Å²) in [6.45, 7) is 0.401. The molecule has 1 aromatic carbocycles. The summed E-state index contributed by atoms with van der Waals surface area (Å²) in [5, 5.41) is 14.1. The standard InChI is InChI=1S/C21H21N7O4S/c29-20-10-11-21(30)28(20)15-4-6-16(7-5-15)33(31,32)24-14-13-23-18-8-9-19(27-26-18)25-17-3-1-2-12-22-17/h1-9,12,24H,10-11,13-14H2,(H,23,26)(H,22,25,27). The Labute approximate surface area is 190 Å². The van der Waals surface area contributed by atoms with Crippen molar-refractivity contribution in [3.63, 3.8) is 0 Å². The predicted octanol–water partition coefficient (Wildman–Crippen LogP) is 1.66. The molecule has 0 radical (unpaired) electrons. The van der Waals surface area contributed by atoms with Gasteiger partial charge in [0.05, 0.1) is 10.6 Å². The van der Waals surface area contributed by atoms with E-state index >= 15 is 0 Å². The van der Waals surface area contributed by atoms with Crippen LogP contribution in [0.4, 0.5) is 23.1 Å². The molecule has 1 aliphatic heterocycles. The third kappa shape index (κ3) is 5.48. The topological polar surface area (TPSA) is 146 Å². The van der Waals surface area contributed by atoms with Gasteiger partial charge in [0.15, 0.2) is 5.82 Å². The van der Waals surface area contributed by atoms with Gasteiger partial charge in [-0.05, 0) is 48.5 Å². The van der Waals surface area contributed by atoms with Crippen molar-refractivity contribution in [1.82, 2.24) is 19.9 Å². The highest BCUT2D eigenvalue weighted by atomic mass is 32.2. The predicted molar refractivity (Wildman–Crippen MR) is 121 cm³/mol. The van der Waals surface area contributed by atoms with Crippen LogP contribution in [0.3, 0.4) is 0 Å². The average Bonchev–Trinajstić information content (AvgIpc) is 3.16. The molecule has 3 N–H and O–H groups in total. The van der Waals surface area contributed by atoms with Gasteiger partial charge in [0.25, 0.3) is 0 Å². The Balaban J connectivity index is 1.27. The quantitative estimate of drug-likeness (QED) is 0.316. The molecule has 12 heteroatoms. The van der Waals surface area contributed by atoms with Gasteiger partial charge in [0.1, 0.15) is 11.6 Å². The van der Waals surface area contributed by atoms with E-state index in [0.717, 1.165) is 4.90 Å². The number of rotatable bonds is 9. The second-order valence-electron chi connectivity index (χ2n) is 7.09. The third-order valence-electron chi connectivity index (χ3n) is 4.77. The van der Waals surface area contributed by atoms with Crippen LogP contribution in [0.15, 0.2) is 65.7 Å². The zero-order valence-electron chi connectivity index (χ0n) is 17.4. The fourth-order valence-electron chi connectivity index (χ4n) is 3.16. The minimum atomic E-state index is -3.75. The molecule has 1 aliphatic rings. The molecule has 0 aliphatic carbocycles. The number of amides is 2. The molecule has 1 fully saturated rings. The first-order chi connectivity index (χ1) is 15.9. The van der Waals surface area contributed by atoms with Gasteiger partial charge in [-0.25, -0.2) is 18.1 Å². The summed E-state index contributed by atoms with van der Waals surface area (Å²) in [4.78, 5) is 28.9. The molecule has 33 heavy (non-hydrogen) atoms. The zero-order chi connectivity index (χ0) is 23.3. The number of sulfonamides is 1. The van der Waals surface area contributed by atoms with Gasteiger partial charge >= 0.3 is 0 Å². The number of aromatic nitrogens is 3. The van der Waals surface area contributed by atoms with Crippen molar-refractivity contribution < 1.29 is 18.0 Å². The van der Waals surface area contributed by atoms with Crippen molar-refractivity contribution in [2.24, 2.45) is 0 Å². The van der Waals surface area contributed by atoms with Gasteiger partial charge in [-0.2, -0.15) is 0 Å². The molecular formula is C21H21N7O4S. The molecular weight excluding hydrogens is 446 g/mol. The van der Waals surface area contributed by atoms with Gasteiger partial charge in [-0.1, -0.05) is 6.07 Å². The largest absolute Gasteiger partial charge is 0.367 e. The molecule has 3 aromatic rings. The minimum absolute atomic E-state index is 0.0371. The lowest BCUT2D eigenvalue weighted by Gasteiger charge is -2.14. The Hall–Kier alpha value is -3.90. The molecule has 170 valence electrons. The van der Waals surface area contributed by atoms with Crippen LogP contribution in [0.2, 0.25) is 0 Å². The first-order valence-corrected chi connectivity index (χ1v) is 11.6. The lowest BCUT2D eigenvalue weighted by Crippen LogP contribution is -2.30. The van der Waals surface area contributed by atoms with Gasteiger partial charge in [0, 0.05) is 32.1 Å². The second-order valence-corrected chi connectivity index (χ2v) is 8.85. The second kappa shape index (κ2) is 9.71. The maximum Gasteiger partial charge on any atom is 0.240 e. The fraction of sp³-hybridized carbons (Fsp3) is 0.190. The van der Waals surface area contributed by atoms with E-state index in [1.54, 1.807) is 24.4 Å². The fourth-order valence-corrected chi connectivity index (χ4v) is 4.19. The summed E-state index contributed by atoms with van der Waals surface area (Å²) in [6.07, 6.45) is 2.00. The Kier molecular flexibility index (Phi) is 6.56. The van der Waals surface area contributed by atoms with Gasteiger partial charge < -0.3 is 10.6 Å². The molecule has 11 nitrogen and oxygen atoms in total. The van der Waals surface area contributed by atoms with E-state index in [1.807, 2.05) is 12.1 Å². The number of anilines is 4. The summed E-state index contributed by atoms with van der Waals surface area (Å²) in [5.41, 5.74) is 0.364. The first-order valence-electron chi connectivity index (χ1n) is 10.1. The monoisotopic (exact) mass is 467 g/mol. The lowest BCUT2D eigenvalue weighted by atomic mass is 10.3. The summed E-state index contributed by atoms with van der Waals surface area (Å²) >= 11 is 0. The minimum Gasteiger partial charge on any atom is -0.367 e. The highest BCUT2D eigenvalue weighted by molar-refractivity contribution is 7.89. The van der Waals surface area contributed by atoms with Crippen LogP contribution < -0.4 is 20.3 Å². The van der Waals surface area contributed by atoms with Crippen LogP contribution in [0.1, 0.15) is 12.8 Å². The molecule has 0 atom stereocenters. The normalized spacial score (nSPS) is 13.9. The number of hydrogen-bond donors (Lipinski definition) is 3. The summed E-state index contributed by atoms with van der Waals surface area (Å²) in [7, 11) is -3.75. The molecule has 0 bridgehead atoms. The van der Waals surface area contributed by atoms with Crippen molar-refractivity contribution in [3.05, 3.63) is 60.8 Å². The molecule has 2 aromatic heterocycles. The highest BCUT2D eigenvalue weighted by Gasteiger charge is 2.30. The Morgan fingerprint density at radius 1 is 0.818 bits per heavy atom. The van der Waals surface area contributed by atoms with E-state index < -0.39 is 10.0 Å². The van der Waals surface area contributed by atoms with Crippen molar-refractivity contribution in [2.75, 3.05) is 28.6 Å². The summed E-state index contributed by atoms with van der Waals surface area (Å²) in [6, 6.07) is 14.5. The highest BCUT2D eigenvalue weighted by Crippen LogP contribution is 2.23. The average molecular weight is 468 g/mol. The van der Waals surface area contributed by atoms with Crippen LogP contribution in [0, 0.1) is 0 Å². The molecule has 4 rings (SSSR count). The number of imide groups is 1. The number of carbonyl (C=O) groups is 2. The van der Waals surface area contributed by atoms with Crippen molar-refractivity contribution in [3.8, 4) is 0 Å². The third-order valence-corrected chi connectivity index (χ3v) is 6.24. The maximum atomic E-state index is 12.5. The molecule has 3 heterocycles. The SMILES string of the molecule is O=C1CCC(=O)N1c1ccc(S(=O)(=O)NCCNc2ccc(Nc3ccccn3)nn2)cc1. The number of pyridine rings is 1. The molecule has 2 amide bonds. The Morgan fingerprint density at radius 3 is 2.15 bits per heavy atom. The van der Waals surface area contributed by atoms with Crippen LogP contribution in [0.5, 0.6) is 0 Å². The lowest BCUT2D eigenvalue weighted by molar-refractivity contribution is -0.121. The molecule has 1 saturated heterocycles. The smallest absolute Gasteiger partial charge is 0.240 e. The van der Waals surface area contributed by atoms with Gasteiger partial charge in [-0.3, -0.25) is 14.5 Å². The summed E-state index contributed by atoms with van der Waals surface area (Å²) < 4.78 is 27.5. The maximum absolute atomic E-state index is 12.5. The van der Waals surface area contributed by atoms with E-state index in [1.165, 1.54) is 24.3 Å². The van der Waals surface area contributed by atoms with E-state index in [0.29, 0.717) is 23.1 Å². The van der Waals surface area contributed by atoms with Gasteiger partial charge in [-0.15, -0.1) is 10.2 Å². The van der Waals surface area contributed by atoms with Crippen molar-refractivity contribution in [2.45, 2.75) is 17.7 Å². The number of benzene rings is 1. The van der Waals surface area contributed by atoms with Crippen molar-refractivity contribution >= 4 is 45.0 Å². The number of nitrogens with zero attached hydrogens (tertiary/aromatic N) is 4. The first kappa shape index (κ1) is 22.3. The number of nitrogens with one attached hydrogen (secondary N) is 3. The Morgan fingerprint density at radius 2 is 1.52 bits per heavy atom. The molecule has 0 spiro atoms. The van der Waals surface area contributed by atoms with Crippen LogP contribution in [-0.4, -0.2) is 48.5 Å². The number of carbonyl (C=O) groups excluding carboxylic acids is 2. The van der Waals surface area contributed by atoms with Crippen LogP contribution in [-0.2, 0) is 19.6 Å². The molecule has 0 saturated carbocycles. The van der Waals surface area contributed by atoms with E-state index in [2.05, 4.69) is 30.5 Å². The van der Waals surface area contributed by atoms with Gasteiger partial charge in [0.2, 0.25) is 21.8 Å². The van der Waals surface area contributed by atoms with Crippen LogP contribution in [0.25, 0.3) is 0 Å².